The zero-order valence-corrected chi connectivity index (χ0v) is 17.6. The summed E-state index contributed by atoms with van der Waals surface area (Å²) in [4.78, 5) is 17.3. The Morgan fingerprint density at radius 3 is 2.68 bits per heavy atom. The van der Waals surface area contributed by atoms with Crippen LogP contribution in [-0.4, -0.2) is 45.0 Å². The lowest BCUT2D eigenvalue weighted by Gasteiger charge is -2.27. The third-order valence-corrected chi connectivity index (χ3v) is 4.52. The number of amides is 1. The summed E-state index contributed by atoms with van der Waals surface area (Å²) in [6.45, 7) is 3.42. The number of aliphatic hydroxyl groups is 1. The van der Waals surface area contributed by atoms with Crippen molar-refractivity contribution in [1.29, 1.82) is 0 Å². The average Bonchev–Trinajstić information content (AvgIpc) is 3.12. The van der Waals surface area contributed by atoms with Crippen LogP contribution in [0.1, 0.15) is 19.4 Å². The van der Waals surface area contributed by atoms with Crippen molar-refractivity contribution in [3.8, 4) is 11.3 Å². The van der Waals surface area contributed by atoms with Crippen LogP contribution < -0.4 is 10.2 Å². The molecule has 0 atom stereocenters. The Labute approximate surface area is 179 Å². The van der Waals surface area contributed by atoms with E-state index in [4.69, 9.17) is 0 Å². The number of halogens is 2. The van der Waals surface area contributed by atoms with E-state index in [2.05, 4.69) is 15.4 Å². The first-order valence-corrected chi connectivity index (χ1v) is 9.78. The molecule has 0 fully saturated rings. The van der Waals surface area contributed by atoms with Crippen LogP contribution in [0.15, 0.2) is 42.7 Å². The SMILES string of the molecule is Cn1cc(-c2nc(NCCc3cccc(F)c3)c(N(C=O)CC(C)(C)O)cc2F)cn1. The van der Waals surface area contributed by atoms with E-state index in [1.807, 2.05) is 0 Å². The predicted molar refractivity (Wildman–Crippen MR) is 115 cm³/mol. The first-order chi connectivity index (χ1) is 14.7. The van der Waals surface area contributed by atoms with Gasteiger partial charge in [0, 0.05) is 31.4 Å². The van der Waals surface area contributed by atoms with E-state index >= 15 is 0 Å². The van der Waals surface area contributed by atoms with E-state index in [-0.39, 0.29) is 29.6 Å². The Bertz CT molecular complexity index is 1060. The molecule has 2 aromatic heterocycles. The molecular formula is C22H25F2N5O2. The molecule has 2 N–H and O–H groups in total. The second-order valence-electron chi connectivity index (χ2n) is 7.94. The normalized spacial score (nSPS) is 11.4. The number of aromatic nitrogens is 3. The number of rotatable bonds is 9. The van der Waals surface area contributed by atoms with Crippen molar-refractivity contribution >= 4 is 17.9 Å². The minimum absolute atomic E-state index is 0.0531. The van der Waals surface area contributed by atoms with E-state index in [1.165, 1.54) is 34.0 Å². The fraction of sp³-hybridized carbons (Fsp3) is 0.318. The number of pyridine rings is 1. The van der Waals surface area contributed by atoms with Crippen molar-refractivity contribution in [1.82, 2.24) is 14.8 Å². The molecule has 164 valence electrons. The van der Waals surface area contributed by atoms with E-state index in [1.54, 1.807) is 39.2 Å². The Morgan fingerprint density at radius 2 is 2.06 bits per heavy atom. The summed E-state index contributed by atoms with van der Waals surface area (Å²) in [7, 11) is 1.71. The minimum Gasteiger partial charge on any atom is -0.389 e. The van der Waals surface area contributed by atoms with Crippen LogP contribution in [-0.2, 0) is 18.3 Å². The molecular weight excluding hydrogens is 404 g/mol. The fourth-order valence-corrected chi connectivity index (χ4v) is 3.19. The third kappa shape index (κ3) is 5.85. The van der Waals surface area contributed by atoms with Crippen molar-refractivity contribution in [3.05, 3.63) is 59.9 Å². The molecule has 3 aromatic rings. The predicted octanol–water partition coefficient (Wildman–Crippen LogP) is 3.15. The molecule has 1 aromatic carbocycles. The number of aryl methyl sites for hydroxylation is 1. The molecule has 0 saturated heterocycles. The standard InChI is InChI=1S/C22H25F2N5O2/c1-22(2,31)13-29(14-30)19-10-18(24)20(16-11-26-28(3)12-16)27-21(19)25-8-7-15-5-4-6-17(23)9-15/h4-6,9-12,14,31H,7-8,13H2,1-3H3,(H,25,27). The second kappa shape index (κ2) is 9.22. The summed E-state index contributed by atoms with van der Waals surface area (Å²) in [6, 6.07) is 7.45. The summed E-state index contributed by atoms with van der Waals surface area (Å²) in [5.41, 5.74) is 0.353. The van der Waals surface area contributed by atoms with Crippen LogP contribution in [0.5, 0.6) is 0 Å². The highest BCUT2D eigenvalue weighted by atomic mass is 19.1. The van der Waals surface area contributed by atoms with Gasteiger partial charge in [0.25, 0.3) is 0 Å². The van der Waals surface area contributed by atoms with E-state index in [0.29, 0.717) is 24.9 Å². The molecule has 0 aliphatic rings. The molecule has 2 heterocycles. The molecule has 0 radical (unpaired) electrons. The van der Waals surface area contributed by atoms with Gasteiger partial charge in [-0.3, -0.25) is 9.48 Å². The average molecular weight is 429 g/mol. The molecule has 1 amide bonds. The van der Waals surface area contributed by atoms with Crippen molar-refractivity contribution < 1.29 is 18.7 Å². The van der Waals surface area contributed by atoms with Crippen molar-refractivity contribution in [3.63, 3.8) is 0 Å². The number of hydrogen-bond acceptors (Lipinski definition) is 5. The van der Waals surface area contributed by atoms with Crippen LogP contribution in [0, 0.1) is 11.6 Å². The van der Waals surface area contributed by atoms with E-state index < -0.39 is 11.4 Å². The number of anilines is 2. The number of nitrogens with zero attached hydrogens (tertiary/aromatic N) is 4. The lowest BCUT2D eigenvalue weighted by molar-refractivity contribution is -0.108. The smallest absolute Gasteiger partial charge is 0.214 e. The number of carbonyl (C=O) groups excluding carboxylic acids is 1. The highest BCUT2D eigenvalue weighted by molar-refractivity contribution is 5.83. The second-order valence-corrected chi connectivity index (χ2v) is 7.94. The Balaban J connectivity index is 1.94. The lowest BCUT2D eigenvalue weighted by Crippen LogP contribution is -2.38. The van der Waals surface area contributed by atoms with E-state index in [9.17, 15) is 18.7 Å². The van der Waals surface area contributed by atoms with Crippen LogP contribution in [0.25, 0.3) is 11.3 Å². The fourth-order valence-electron chi connectivity index (χ4n) is 3.19. The van der Waals surface area contributed by atoms with Crippen LogP contribution in [0.2, 0.25) is 0 Å². The van der Waals surface area contributed by atoms with Crippen molar-refractivity contribution in [2.24, 2.45) is 7.05 Å². The van der Waals surface area contributed by atoms with Gasteiger partial charge in [-0.15, -0.1) is 0 Å². The van der Waals surface area contributed by atoms with Gasteiger partial charge in [-0.25, -0.2) is 13.8 Å². The first kappa shape index (κ1) is 22.4. The Hall–Kier alpha value is -3.33. The topological polar surface area (TPSA) is 83.3 Å². The van der Waals surface area contributed by atoms with Gasteiger partial charge in [-0.05, 0) is 38.0 Å². The van der Waals surface area contributed by atoms with Gasteiger partial charge < -0.3 is 15.3 Å². The third-order valence-electron chi connectivity index (χ3n) is 4.52. The van der Waals surface area contributed by atoms with Gasteiger partial charge in [-0.2, -0.15) is 5.10 Å². The molecule has 7 nitrogen and oxygen atoms in total. The van der Waals surface area contributed by atoms with Crippen LogP contribution in [0.3, 0.4) is 0 Å². The quantitative estimate of drug-likeness (QED) is 0.511. The monoisotopic (exact) mass is 429 g/mol. The molecule has 3 rings (SSSR count). The number of hydrogen-bond donors (Lipinski definition) is 2. The van der Waals surface area contributed by atoms with Gasteiger partial charge >= 0.3 is 0 Å². The van der Waals surface area contributed by atoms with Gasteiger partial charge in [0.1, 0.15) is 11.5 Å². The zero-order valence-electron chi connectivity index (χ0n) is 17.6. The number of carbonyl (C=O) groups is 1. The van der Waals surface area contributed by atoms with Crippen LogP contribution in [0.4, 0.5) is 20.3 Å². The van der Waals surface area contributed by atoms with E-state index in [0.717, 1.165) is 5.56 Å². The van der Waals surface area contributed by atoms with Gasteiger partial charge in [0.2, 0.25) is 6.41 Å². The molecule has 9 heteroatoms. The summed E-state index contributed by atoms with van der Waals surface area (Å²) in [6.07, 6.45) is 4.15. The summed E-state index contributed by atoms with van der Waals surface area (Å²) < 4.78 is 29.9. The maximum atomic E-state index is 14.9. The van der Waals surface area contributed by atoms with Gasteiger partial charge in [0.15, 0.2) is 11.6 Å². The molecule has 0 saturated carbocycles. The van der Waals surface area contributed by atoms with Crippen molar-refractivity contribution in [2.75, 3.05) is 23.3 Å². The molecule has 0 spiro atoms. The molecule has 0 bridgehead atoms. The van der Waals surface area contributed by atoms with Gasteiger partial charge in [-0.1, -0.05) is 12.1 Å². The largest absolute Gasteiger partial charge is 0.389 e. The lowest BCUT2D eigenvalue weighted by atomic mass is 10.1. The molecule has 31 heavy (non-hydrogen) atoms. The zero-order chi connectivity index (χ0) is 22.6. The minimum atomic E-state index is -1.20. The highest BCUT2D eigenvalue weighted by Crippen LogP contribution is 2.31. The molecule has 0 unspecified atom stereocenters. The maximum absolute atomic E-state index is 14.9. The van der Waals surface area contributed by atoms with Crippen LogP contribution >= 0.6 is 0 Å². The summed E-state index contributed by atoms with van der Waals surface area (Å²) in [5.74, 6) is -0.677. The Morgan fingerprint density at radius 1 is 1.29 bits per heavy atom. The van der Waals surface area contributed by atoms with Gasteiger partial charge in [0.05, 0.1) is 24.0 Å². The summed E-state index contributed by atoms with van der Waals surface area (Å²) in [5, 5.41) is 17.3. The van der Waals surface area contributed by atoms with Crippen molar-refractivity contribution in [2.45, 2.75) is 25.9 Å². The number of benzene rings is 1. The first-order valence-electron chi connectivity index (χ1n) is 9.78. The highest BCUT2D eigenvalue weighted by Gasteiger charge is 2.23. The molecule has 0 aliphatic carbocycles. The maximum Gasteiger partial charge on any atom is 0.214 e. The summed E-state index contributed by atoms with van der Waals surface area (Å²) >= 11 is 0. The Kier molecular flexibility index (Phi) is 6.65. The molecule has 0 aliphatic heterocycles. The number of nitrogens with one attached hydrogen (secondary N) is 1.